The summed E-state index contributed by atoms with van der Waals surface area (Å²) in [6, 6.07) is 5.76. The van der Waals surface area contributed by atoms with Crippen LogP contribution in [0.5, 0.6) is 5.75 Å². The van der Waals surface area contributed by atoms with Crippen molar-refractivity contribution in [3.05, 3.63) is 28.2 Å². The number of benzene rings is 1. The standard InChI is InChI=1S/C13H18BrNO3/c1-4-17-13(16)9(2)18-12-10(8-15-3)6-5-7-11(12)14/h5-7,9,15H,4,8H2,1-3H3. The molecule has 0 amide bonds. The van der Waals surface area contributed by atoms with Gasteiger partial charge >= 0.3 is 5.97 Å². The summed E-state index contributed by atoms with van der Waals surface area (Å²) in [7, 11) is 1.86. The Hall–Kier alpha value is -1.07. The highest BCUT2D eigenvalue weighted by molar-refractivity contribution is 9.10. The van der Waals surface area contributed by atoms with E-state index in [0.717, 1.165) is 10.0 Å². The molecular formula is C13H18BrNO3. The predicted molar refractivity (Wildman–Crippen MR) is 73.6 cm³/mol. The number of hydrogen-bond acceptors (Lipinski definition) is 4. The van der Waals surface area contributed by atoms with Gasteiger partial charge in [0.25, 0.3) is 0 Å². The lowest BCUT2D eigenvalue weighted by atomic mass is 10.2. The summed E-state index contributed by atoms with van der Waals surface area (Å²) < 4.78 is 11.4. The van der Waals surface area contributed by atoms with Crippen LogP contribution in [0.25, 0.3) is 0 Å². The van der Waals surface area contributed by atoms with Gasteiger partial charge in [0.05, 0.1) is 11.1 Å². The van der Waals surface area contributed by atoms with E-state index in [1.165, 1.54) is 0 Å². The number of rotatable bonds is 6. The highest BCUT2D eigenvalue weighted by Crippen LogP contribution is 2.30. The Morgan fingerprint density at radius 1 is 1.50 bits per heavy atom. The molecular weight excluding hydrogens is 298 g/mol. The Bertz CT molecular complexity index is 409. The molecule has 0 fully saturated rings. The molecule has 0 spiro atoms. The van der Waals surface area contributed by atoms with E-state index in [4.69, 9.17) is 9.47 Å². The van der Waals surface area contributed by atoms with E-state index < -0.39 is 6.10 Å². The first-order chi connectivity index (χ1) is 8.60. The van der Waals surface area contributed by atoms with E-state index >= 15 is 0 Å². The lowest BCUT2D eigenvalue weighted by Crippen LogP contribution is -2.27. The smallest absolute Gasteiger partial charge is 0.347 e. The van der Waals surface area contributed by atoms with Crippen molar-refractivity contribution in [2.24, 2.45) is 0 Å². The summed E-state index contributed by atoms with van der Waals surface area (Å²) in [6.45, 7) is 4.48. The first kappa shape index (κ1) is 15.0. The van der Waals surface area contributed by atoms with Crippen molar-refractivity contribution < 1.29 is 14.3 Å². The van der Waals surface area contributed by atoms with Crippen LogP contribution in [0.3, 0.4) is 0 Å². The van der Waals surface area contributed by atoms with Gasteiger partial charge in [0.15, 0.2) is 6.10 Å². The monoisotopic (exact) mass is 315 g/mol. The summed E-state index contributed by atoms with van der Waals surface area (Å²) in [5, 5.41) is 3.06. The highest BCUT2D eigenvalue weighted by atomic mass is 79.9. The molecule has 0 heterocycles. The molecule has 4 nitrogen and oxygen atoms in total. The molecule has 1 N–H and O–H groups in total. The van der Waals surface area contributed by atoms with Crippen molar-refractivity contribution in [2.45, 2.75) is 26.5 Å². The fourth-order valence-corrected chi connectivity index (χ4v) is 2.00. The number of carbonyl (C=O) groups excluding carboxylic acids is 1. The number of para-hydroxylation sites is 1. The fourth-order valence-electron chi connectivity index (χ4n) is 1.50. The average Bonchev–Trinajstić information content (AvgIpc) is 2.34. The topological polar surface area (TPSA) is 47.6 Å². The molecule has 0 saturated heterocycles. The van der Waals surface area contributed by atoms with Crippen molar-refractivity contribution in [2.75, 3.05) is 13.7 Å². The molecule has 0 aromatic heterocycles. The van der Waals surface area contributed by atoms with Gasteiger partial charge in [-0.1, -0.05) is 12.1 Å². The zero-order valence-electron chi connectivity index (χ0n) is 10.8. The second kappa shape index (κ2) is 7.38. The quantitative estimate of drug-likeness (QED) is 0.819. The average molecular weight is 316 g/mol. The Morgan fingerprint density at radius 2 is 2.22 bits per heavy atom. The summed E-state index contributed by atoms with van der Waals surface area (Å²) in [5.74, 6) is 0.316. The highest BCUT2D eigenvalue weighted by Gasteiger charge is 2.18. The second-order valence-electron chi connectivity index (χ2n) is 3.77. The van der Waals surface area contributed by atoms with Gasteiger partial charge in [-0.25, -0.2) is 4.79 Å². The third kappa shape index (κ3) is 3.99. The van der Waals surface area contributed by atoms with Crippen molar-refractivity contribution in [1.29, 1.82) is 0 Å². The molecule has 1 atom stereocenters. The number of esters is 1. The Balaban J connectivity index is 2.85. The Labute approximate surface area is 116 Å². The third-order valence-corrected chi connectivity index (χ3v) is 2.95. The SMILES string of the molecule is CCOC(=O)C(C)Oc1c(Br)cccc1CNC. The molecule has 5 heteroatoms. The molecule has 18 heavy (non-hydrogen) atoms. The molecule has 0 aliphatic carbocycles. The van der Waals surface area contributed by atoms with Crippen LogP contribution in [0.2, 0.25) is 0 Å². The van der Waals surface area contributed by atoms with E-state index in [0.29, 0.717) is 18.9 Å². The van der Waals surface area contributed by atoms with Crippen LogP contribution in [-0.4, -0.2) is 25.7 Å². The van der Waals surface area contributed by atoms with Crippen LogP contribution in [0.4, 0.5) is 0 Å². The summed E-state index contributed by atoms with van der Waals surface area (Å²) in [5.41, 5.74) is 0.989. The van der Waals surface area contributed by atoms with Crippen LogP contribution in [0.1, 0.15) is 19.4 Å². The number of hydrogen-bond donors (Lipinski definition) is 1. The van der Waals surface area contributed by atoms with E-state index in [9.17, 15) is 4.79 Å². The molecule has 1 aromatic rings. The predicted octanol–water partition coefficient (Wildman–Crippen LogP) is 2.50. The zero-order chi connectivity index (χ0) is 13.5. The van der Waals surface area contributed by atoms with E-state index in [1.54, 1.807) is 13.8 Å². The molecule has 1 unspecified atom stereocenters. The van der Waals surface area contributed by atoms with Crippen LogP contribution in [0, 0.1) is 0 Å². The van der Waals surface area contributed by atoms with Crippen LogP contribution >= 0.6 is 15.9 Å². The molecule has 1 rings (SSSR count). The summed E-state index contributed by atoms with van der Waals surface area (Å²) in [4.78, 5) is 11.5. The second-order valence-corrected chi connectivity index (χ2v) is 4.62. The van der Waals surface area contributed by atoms with Gasteiger partial charge in [-0.2, -0.15) is 0 Å². The van der Waals surface area contributed by atoms with E-state index in [-0.39, 0.29) is 5.97 Å². The van der Waals surface area contributed by atoms with Crippen LogP contribution < -0.4 is 10.1 Å². The normalized spacial score (nSPS) is 12.0. The maximum Gasteiger partial charge on any atom is 0.347 e. The van der Waals surface area contributed by atoms with E-state index in [2.05, 4.69) is 21.2 Å². The lowest BCUT2D eigenvalue weighted by Gasteiger charge is -2.17. The Morgan fingerprint density at radius 3 is 2.83 bits per heavy atom. The molecule has 100 valence electrons. The van der Waals surface area contributed by atoms with Crippen molar-refractivity contribution in [1.82, 2.24) is 5.32 Å². The van der Waals surface area contributed by atoms with Crippen LogP contribution in [-0.2, 0) is 16.1 Å². The number of carbonyl (C=O) groups is 1. The molecule has 0 bridgehead atoms. The molecule has 0 radical (unpaired) electrons. The maximum absolute atomic E-state index is 11.5. The summed E-state index contributed by atoms with van der Waals surface area (Å²) >= 11 is 3.43. The maximum atomic E-state index is 11.5. The van der Waals surface area contributed by atoms with Gasteiger partial charge in [0.2, 0.25) is 0 Å². The van der Waals surface area contributed by atoms with Gasteiger partial charge in [0.1, 0.15) is 5.75 Å². The largest absolute Gasteiger partial charge is 0.478 e. The first-order valence-corrected chi connectivity index (χ1v) is 6.64. The van der Waals surface area contributed by atoms with Crippen LogP contribution in [0.15, 0.2) is 22.7 Å². The zero-order valence-corrected chi connectivity index (χ0v) is 12.4. The van der Waals surface area contributed by atoms with Crippen molar-refractivity contribution in [3.63, 3.8) is 0 Å². The van der Waals surface area contributed by atoms with Gasteiger partial charge in [-0.3, -0.25) is 0 Å². The van der Waals surface area contributed by atoms with Gasteiger partial charge in [-0.05, 0) is 42.9 Å². The minimum absolute atomic E-state index is 0.353. The number of halogens is 1. The Kier molecular flexibility index (Phi) is 6.15. The third-order valence-electron chi connectivity index (χ3n) is 2.33. The fraction of sp³-hybridized carbons (Fsp3) is 0.462. The van der Waals surface area contributed by atoms with Crippen molar-refractivity contribution in [3.8, 4) is 5.75 Å². The van der Waals surface area contributed by atoms with Crippen molar-refractivity contribution >= 4 is 21.9 Å². The minimum Gasteiger partial charge on any atom is -0.478 e. The molecule has 1 aromatic carbocycles. The lowest BCUT2D eigenvalue weighted by molar-refractivity contribution is -0.150. The minimum atomic E-state index is -0.626. The number of ether oxygens (including phenoxy) is 2. The summed E-state index contributed by atoms with van der Waals surface area (Å²) in [6.07, 6.45) is -0.626. The number of nitrogens with one attached hydrogen (secondary N) is 1. The molecule has 0 aliphatic heterocycles. The molecule has 0 aliphatic rings. The van der Waals surface area contributed by atoms with Gasteiger partial charge in [-0.15, -0.1) is 0 Å². The first-order valence-electron chi connectivity index (χ1n) is 5.85. The van der Waals surface area contributed by atoms with E-state index in [1.807, 2.05) is 25.2 Å². The molecule has 0 saturated carbocycles. The van der Waals surface area contributed by atoms with Gasteiger partial charge in [0, 0.05) is 12.1 Å². The van der Waals surface area contributed by atoms with Gasteiger partial charge < -0.3 is 14.8 Å².